The van der Waals surface area contributed by atoms with Gasteiger partial charge in [0.25, 0.3) is 5.91 Å². The zero-order chi connectivity index (χ0) is 22.7. The highest BCUT2D eigenvalue weighted by Gasteiger charge is 2.22. The number of piperidine rings is 1. The Kier molecular flexibility index (Phi) is 6.18. The molecule has 2 aromatic heterocycles. The van der Waals surface area contributed by atoms with Crippen molar-refractivity contribution in [2.75, 3.05) is 36.1 Å². The van der Waals surface area contributed by atoms with E-state index in [9.17, 15) is 9.18 Å². The van der Waals surface area contributed by atoms with E-state index >= 15 is 0 Å². The van der Waals surface area contributed by atoms with Gasteiger partial charge in [0, 0.05) is 30.9 Å². The van der Waals surface area contributed by atoms with Crippen molar-refractivity contribution in [1.29, 1.82) is 0 Å². The zero-order valence-electron chi connectivity index (χ0n) is 17.7. The van der Waals surface area contributed by atoms with Crippen LogP contribution in [-0.2, 0) is 0 Å². The number of nitrogens with one attached hydrogen (secondary N) is 1. The molecule has 0 saturated carbocycles. The maximum Gasteiger partial charge on any atom is 0.276 e. The van der Waals surface area contributed by atoms with Crippen LogP contribution in [0.1, 0.15) is 23.3 Å². The van der Waals surface area contributed by atoms with Crippen molar-refractivity contribution in [3.8, 4) is 17.0 Å². The SMILES string of the molecule is COc1ccc(F)cc1-c1ccc(N)c(C(=O)Nc2cnccc2N2CCC[C@H](N)C2)n1. The standard InChI is InChI=1S/C23H25FN6O2/c1-32-21-7-4-14(24)11-16(21)18-6-5-17(26)22(28-18)23(31)29-19-12-27-9-8-20(19)30-10-2-3-15(25)13-30/h4-9,11-12,15H,2-3,10,13,25-26H2,1H3,(H,29,31)/t15-/m0/s1. The Morgan fingerprint density at radius 3 is 2.91 bits per heavy atom. The third-order valence-corrected chi connectivity index (χ3v) is 5.42. The minimum Gasteiger partial charge on any atom is -0.496 e. The number of hydrogen-bond acceptors (Lipinski definition) is 7. The molecule has 0 unspecified atom stereocenters. The Labute approximate surface area is 185 Å². The number of carbonyl (C=O) groups is 1. The first-order valence-electron chi connectivity index (χ1n) is 10.3. The van der Waals surface area contributed by atoms with E-state index in [1.165, 1.54) is 25.3 Å². The second-order valence-electron chi connectivity index (χ2n) is 7.67. The first-order valence-corrected chi connectivity index (χ1v) is 10.3. The lowest BCUT2D eigenvalue weighted by Crippen LogP contribution is -2.43. The number of rotatable bonds is 5. The van der Waals surface area contributed by atoms with E-state index in [0.717, 1.165) is 25.1 Å². The van der Waals surface area contributed by atoms with Crippen molar-refractivity contribution in [1.82, 2.24) is 9.97 Å². The van der Waals surface area contributed by atoms with Crippen LogP contribution in [0.2, 0.25) is 0 Å². The number of pyridine rings is 2. The molecule has 32 heavy (non-hydrogen) atoms. The van der Waals surface area contributed by atoms with Crippen molar-refractivity contribution in [3.63, 3.8) is 0 Å². The molecule has 1 aliphatic rings. The lowest BCUT2D eigenvalue weighted by molar-refractivity contribution is 0.102. The molecule has 3 aromatic rings. The second-order valence-corrected chi connectivity index (χ2v) is 7.67. The molecule has 166 valence electrons. The van der Waals surface area contributed by atoms with Gasteiger partial charge in [0.2, 0.25) is 0 Å². The number of nitrogens with two attached hydrogens (primary N) is 2. The molecule has 4 rings (SSSR count). The van der Waals surface area contributed by atoms with Crippen LogP contribution in [0.4, 0.5) is 21.5 Å². The summed E-state index contributed by atoms with van der Waals surface area (Å²) in [6.07, 6.45) is 5.21. The van der Waals surface area contributed by atoms with E-state index in [4.69, 9.17) is 16.2 Å². The highest BCUT2D eigenvalue weighted by atomic mass is 19.1. The van der Waals surface area contributed by atoms with Gasteiger partial charge in [-0.15, -0.1) is 0 Å². The number of amides is 1. The third-order valence-electron chi connectivity index (χ3n) is 5.42. The summed E-state index contributed by atoms with van der Waals surface area (Å²) in [6.45, 7) is 1.54. The molecular weight excluding hydrogens is 411 g/mol. The first-order chi connectivity index (χ1) is 15.5. The molecule has 9 heteroatoms. The minimum atomic E-state index is -0.490. The van der Waals surface area contributed by atoms with E-state index in [1.54, 1.807) is 24.5 Å². The molecule has 3 heterocycles. The van der Waals surface area contributed by atoms with E-state index in [2.05, 4.69) is 20.2 Å². The normalized spacial score (nSPS) is 16.0. The molecule has 8 nitrogen and oxygen atoms in total. The van der Waals surface area contributed by atoms with Gasteiger partial charge in [-0.2, -0.15) is 0 Å². The molecule has 1 amide bonds. The maximum atomic E-state index is 13.8. The lowest BCUT2D eigenvalue weighted by Gasteiger charge is -2.33. The number of hydrogen-bond donors (Lipinski definition) is 3. The van der Waals surface area contributed by atoms with Crippen molar-refractivity contribution in [3.05, 3.63) is 60.3 Å². The number of aromatic nitrogens is 2. The number of methoxy groups -OCH3 is 1. The number of anilines is 3. The maximum absolute atomic E-state index is 13.8. The Morgan fingerprint density at radius 1 is 1.28 bits per heavy atom. The fraction of sp³-hybridized carbons (Fsp3) is 0.261. The summed E-state index contributed by atoms with van der Waals surface area (Å²) in [5.74, 6) is -0.494. The Bertz CT molecular complexity index is 1140. The molecule has 1 aromatic carbocycles. The fourth-order valence-electron chi connectivity index (χ4n) is 3.85. The monoisotopic (exact) mass is 436 g/mol. The van der Waals surface area contributed by atoms with Gasteiger partial charge in [0.15, 0.2) is 5.69 Å². The highest BCUT2D eigenvalue weighted by Crippen LogP contribution is 2.31. The van der Waals surface area contributed by atoms with Crippen molar-refractivity contribution < 1.29 is 13.9 Å². The summed E-state index contributed by atoms with van der Waals surface area (Å²) in [5.41, 5.74) is 14.6. The van der Waals surface area contributed by atoms with E-state index < -0.39 is 11.7 Å². The van der Waals surface area contributed by atoms with Gasteiger partial charge in [-0.3, -0.25) is 9.78 Å². The summed E-state index contributed by atoms with van der Waals surface area (Å²) in [7, 11) is 1.48. The summed E-state index contributed by atoms with van der Waals surface area (Å²) >= 11 is 0. The topological polar surface area (TPSA) is 119 Å². The molecule has 0 radical (unpaired) electrons. The Hall–Kier alpha value is -3.72. The average Bonchev–Trinajstić information content (AvgIpc) is 2.79. The van der Waals surface area contributed by atoms with Gasteiger partial charge in [0.1, 0.15) is 11.6 Å². The number of carbonyl (C=O) groups excluding carboxylic acids is 1. The van der Waals surface area contributed by atoms with Crippen LogP contribution in [0.15, 0.2) is 48.8 Å². The predicted octanol–water partition coefficient (Wildman–Crippen LogP) is 3.05. The Balaban J connectivity index is 1.64. The van der Waals surface area contributed by atoms with Crippen molar-refractivity contribution >= 4 is 23.0 Å². The van der Waals surface area contributed by atoms with Gasteiger partial charge < -0.3 is 26.4 Å². The zero-order valence-corrected chi connectivity index (χ0v) is 17.7. The second kappa shape index (κ2) is 9.19. The molecular formula is C23H25FN6O2. The molecule has 1 fully saturated rings. The smallest absolute Gasteiger partial charge is 0.276 e. The molecule has 1 atom stereocenters. The van der Waals surface area contributed by atoms with Crippen LogP contribution in [0.25, 0.3) is 11.3 Å². The first kappa shape index (κ1) is 21.5. The van der Waals surface area contributed by atoms with Crippen LogP contribution < -0.4 is 26.4 Å². The van der Waals surface area contributed by atoms with Crippen LogP contribution in [0.5, 0.6) is 5.75 Å². The molecule has 5 N–H and O–H groups in total. The number of halogens is 1. The van der Waals surface area contributed by atoms with E-state index in [1.807, 2.05) is 6.07 Å². The third kappa shape index (κ3) is 4.47. The van der Waals surface area contributed by atoms with Crippen LogP contribution in [0.3, 0.4) is 0 Å². The van der Waals surface area contributed by atoms with Crippen LogP contribution in [0, 0.1) is 5.82 Å². The van der Waals surface area contributed by atoms with Gasteiger partial charge >= 0.3 is 0 Å². The van der Waals surface area contributed by atoms with Gasteiger partial charge in [-0.05, 0) is 49.2 Å². The summed E-state index contributed by atoms with van der Waals surface area (Å²) in [4.78, 5) is 23.8. The molecule has 0 spiro atoms. The van der Waals surface area contributed by atoms with E-state index in [-0.39, 0.29) is 17.4 Å². The summed E-state index contributed by atoms with van der Waals surface area (Å²) in [5, 5.41) is 2.87. The fourth-order valence-corrected chi connectivity index (χ4v) is 3.85. The predicted molar refractivity (Wildman–Crippen MR) is 122 cm³/mol. The largest absolute Gasteiger partial charge is 0.496 e. The quantitative estimate of drug-likeness (QED) is 0.562. The molecule has 1 saturated heterocycles. The molecule has 0 bridgehead atoms. The van der Waals surface area contributed by atoms with Crippen LogP contribution in [-0.4, -0.2) is 42.1 Å². The van der Waals surface area contributed by atoms with E-state index in [0.29, 0.717) is 29.2 Å². The number of ether oxygens (including phenoxy) is 1. The van der Waals surface area contributed by atoms with Crippen molar-refractivity contribution in [2.45, 2.75) is 18.9 Å². The lowest BCUT2D eigenvalue weighted by atomic mass is 10.1. The van der Waals surface area contributed by atoms with Gasteiger partial charge in [0.05, 0.1) is 36.1 Å². The highest BCUT2D eigenvalue weighted by molar-refractivity contribution is 6.08. The van der Waals surface area contributed by atoms with Gasteiger partial charge in [-0.1, -0.05) is 0 Å². The van der Waals surface area contributed by atoms with Crippen molar-refractivity contribution in [2.24, 2.45) is 5.73 Å². The minimum absolute atomic E-state index is 0.0268. The number of nitrogens with zero attached hydrogens (tertiary/aromatic N) is 3. The van der Waals surface area contributed by atoms with Gasteiger partial charge in [-0.25, -0.2) is 9.37 Å². The molecule has 1 aliphatic heterocycles. The summed E-state index contributed by atoms with van der Waals surface area (Å²) < 4.78 is 19.1. The number of nitrogen functional groups attached to an aromatic ring is 1. The molecule has 0 aliphatic carbocycles. The Morgan fingerprint density at radius 2 is 2.12 bits per heavy atom. The number of benzene rings is 1. The summed E-state index contributed by atoms with van der Waals surface area (Å²) in [6, 6.07) is 9.22. The van der Waals surface area contributed by atoms with Crippen LogP contribution >= 0.6 is 0 Å². The average molecular weight is 436 g/mol.